The Balaban J connectivity index is 2.19. The van der Waals surface area contributed by atoms with Gasteiger partial charge in [0.25, 0.3) is 0 Å². The van der Waals surface area contributed by atoms with Crippen LogP contribution in [-0.2, 0) is 0 Å². The summed E-state index contributed by atoms with van der Waals surface area (Å²) in [6, 6.07) is 0. The van der Waals surface area contributed by atoms with Crippen molar-refractivity contribution < 1.29 is 5.21 Å². The monoisotopic (exact) mass is 183 g/mol. The smallest absolute Gasteiger partial charge is 0.0466 e. The Morgan fingerprint density at radius 3 is 2.08 bits per heavy atom. The molecule has 1 N–H and O–H groups in total. The average Bonchev–Trinajstić information content (AvgIpc) is 2.50. The maximum atomic E-state index is 10.2. The van der Waals surface area contributed by atoms with Crippen molar-refractivity contribution in [1.82, 2.24) is 5.06 Å². The second-order valence-electron chi connectivity index (χ2n) is 5.41. The molecule has 1 spiro atoms. The van der Waals surface area contributed by atoms with E-state index in [2.05, 4.69) is 13.8 Å². The van der Waals surface area contributed by atoms with E-state index in [1.165, 1.54) is 38.5 Å². The minimum atomic E-state index is 0.00257. The molecule has 0 bridgehead atoms. The normalized spacial score (nSPS) is 32.5. The molecule has 13 heavy (non-hydrogen) atoms. The van der Waals surface area contributed by atoms with Crippen molar-refractivity contribution in [3.8, 4) is 0 Å². The molecule has 0 aromatic rings. The van der Waals surface area contributed by atoms with Crippen molar-refractivity contribution >= 4 is 0 Å². The van der Waals surface area contributed by atoms with Crippen LogP contribution in [0.15, 0.2) is 0 Å². The standard InChI is InChI=1S/C11H21NO/c1-10(2)6-5-9-11(12(10)13)7-3-4-8-11/h13H,3-9H2,1-2H3. The van der Waals surface area contributed by atoms with Crippen LogP contribution in [0, 0.1) is 0 Å². The van der Waals surface area contributed by atoms with Gasteiger partial charge in [-0.25, -0.2) is 0 Å². The molecule has 0 atom stereocenters. The van der Waals surface area contributed by atoms with E-state index in [9.17, 15) is 5.21 Å². The first kappa shape index (κ1) is 9.47. The van der Waals surface area contributed by atoms with Crippen LogP contribution in [-0.4, -0.2) is 21.3 Å². The van der Waals surface area contributed by atoms with Crippen LogP contribution in [0.25, 0.3) is 0 Å². The Bertz CT molecular complexity index is 194. The lowest BCUT2D eigenvalue weighted by Crippen LogP contribution is -2.58. The fourth-order valence-corrected chi connectivity index (χ4v) is 3.20. The summed E-state index contributed by atoms with van der Waals surface area (Å²) in [4.78, 5) is 0. The Labute approximate surface area is 80.9 Å². The zero-order valence-corrected chi connectivity index (χ0v) is 8.84. The van der Waals surface area contributed by atoms with Gasteiger partial charge >= 0.3 is 0 Å². The summed E-state index contributed by atoms with van der Waals surface area (Å²) in [7, 11) is 0. The highest BCUT2D eigenvalue weighted by molar-refractivity contribution is 5.00. The predicted molar refractivity (Wildman–Crippen MR) is 52.8 cm³/mol. The summed E-state index contributed by atoms with van der Waals surface area (Å²) in [6.07, 6.45) is 8.61. The quantitative estimate of drug-likeness (QED) is 0.624. The second-order valence-corrected chi connectivity index (χ2v) is 5.41. The minimum Gasteiger partial charge on any atom is -0.313 e. The van der Waals surface area contributed by atoms with Gasteiger partial charge in [-0.1, -0.05) is 12.8 Å². The summed E-state index contributed by atoms with van der Waals surface area (Å²) in [5, 5.41) is 11.9. The molecule has 0 amide bonds. The van der Waals surface area contributed by atoms with Crippen LogP contribution < -0.4 is 0 Å². The van der Waals surface area contributed by atoms with Gasteiger partial charge in [0, 0.05) is 11.1 Å². The number of nitrogens with zero attached hydrogens (tertiary/aromatic N) is 1. The largest absolute Gasteiger partial charge is 0.313 e. The first-order valence-corrected chi connectivity index (χ1v) is 5.56. The molecule has 0 aromatic carbocycles. The van der Waals surface area contributed by atoms with Gasteiger partial charge in [-0.15, -0.1) is 0 Å². The van der Waals surface area contributed by atoms with Crippen LogP contribution in [0.2, 0.25) is 0 Å². The summed E-state index contributed by atoms with van der Waals surface area (Å²) in [5.74, 6) is 0. The summed E-state index contributed by atoms with van der Waals surface area (Å²) < 4.78 is 0. The Morgan fingerprint density at radius 2 is 1.46 bits per heavy atom. The van der Waals surface area contributed by atoms with E-state index < -0.39 is 0 Å². The number of piperidine rings is 1. The van der Waals surface area contributed by atoms with Gasteiger partial charge < -0.3 is 5.21 Å². The molecule has 2 nitrogen and oxygen atoms in total. The minimum absolute atomic E-state index is 0.00257. The number of hydrogen-bond donors (Lipinski definition) is 1. The molecular formula is C11H21NO. The number of hydroxylamine groups is 2. The summed E-state index contributed by atoms with van der Waals surface area (Å²) in [5.41, 5.74) is 0.157. The topological polar surface area (TPSA) is 23.5 Å². The van der Waals surface area contributed by atoms with Crippen molar-refractivity contribution in [2.45, 2.75) is 69.9 Å². The highest BCUT2D eigenvalue weighted by Crippen LogP contribution is 2.46. The molecule has 0 aromatic heterocycles. The third-order valence-corrected chi connectivity index (χ3v) is 3.99. The van der Waals surface area contributed by atoms with Gasteiger partial charge in [-0.3, -0.25) is 0 Å². The molecular weight excluding hydrogens is 162 g/mol. The first-order valence-electron chi connectivity index (χ1n) is 5.56. The molecule has 0 radical (unpaired) electrons. The lowest BCUT2D eigenvalue weighted by atomic mass is 9.79. The number of rotatable bonds is 0. The molecule has 1 heterocycles. The van der Waals surface area contributed by atoms with E-state index in [0.717, 1.165) is 6.42 Å². The van der Waals surface area contributed by atoms with E-state index in [-0.39, 0.29) is 11.1 Å². The Kier molecular flexibility index (Phi) is 2.16. The fraction of sp³-hybridized carbons (Fsp3) is 1.00. The highest BCUT2D eigenvalue weighted by Gasteiger charge is 2.47. The van der Waals surface area contributed by atoms with Crippen molar-refractivity contribution in [2.75, 3.05) is 0 Å². The van der Waals surface area contributed by atoms with Crippen LogP contribution in [0.3, 0.4) is 0 Å². The van der Waals surface area contributed by atoms with Crippen molar-refractivity contribution in [3.05, 3.63) is 0 Å². The lowest BCUT2D eigenvalue weighted by Gasteiger charge is -2.50. The molecule has 2 heteroatoms. The number of hydrogen-bond acceptors (Lipinski definition) is 2. The Morgan fingerprint density at radius 1 is 0.923 bits per heavy atom. The Hall–Kier alpha value is -0.0800. The maximum Gasteiger partial charge on any atom is 0.0466 e. The van der Waals surface area contributed by atoms with Gasteiger partial charge in [-0.05, 0) is 46.0 Å². The van der Waals surface area contributed by atoms with Gasteiger partial charge in [-0.2, -0.15) is 5.06 Å². The predicted octanol–water partition coefficient (Wildman–Crippen LogP) is 2.95. The molecule has 2 rings (SSSR count). The van der Waals surface area contributed by atoms with E-state index >= 15 is 0 Å². The lowest BCUT2D eigenvalue weighted by molar-refractivity contribution is -0.250. The van der Waals surface area contributed by atoms with Crippen LogP contribution >= 0.6 is 0 Å². The molecule has 2 aliphatic rings. The highest BCUT2D eigenvalue weighted by atomic mass is 16.5. The molecule has 1 saturated heterocycles. The van der Waals surface area contributed by atoms with Crippen LogP contribution in [0.5, 0.6) is 0 Å². The van der Waals surface area contributed by atoms with Gasteiger partial charge in [0.05, 0.1) is 0 Å². The maximum absolute atomic E-state index is 10.2. The molecule has 1 aliphatic carbocycles. The van der Waals surface area contributed by atoms with Crippen LogP contribution in [0.4, 0.5) is 0 Å². The fourth-order valence-electron chi connectivity index (χ4n) is 3.20. The summed E-state index contributed by atoms with van der Waals surface area (Å²) in [6.45, 7) is 4.32. The van der Waals surface area contributed by atoms with E-state index in [0.29, 0.717) is 0 Å². The molecule has 1 aliphatic heterocycles. The third kappa shape index (κ3) is 1.40. The SMILES string of the molecule is CC1(C)CCCC2(CCCC2)N1O. The van der Waals surface area contributed by atoms with Crippen LogP contribution in [0.1, 0.15) is 58.8 Å². The third-order valence-electron chi connectivity index (χ3n) is 3.99. The van der Waals surface area contributed by atoms with Crippen molar-refractivity contribution in [2.24, 2.45) is 0 Å². The van der Waals surface area contributed by atoms with Gasteiger partial charge in [0.15, 0.2) is 0 Å². The zero-order valence-electron chi connectivity index (χ0n) is 8.84. The van der Waals surface area contributed by atoms with Crippen molar-refractivity contribution in [3.63, 3.8) is 0 Å². The summed E-state index contributed by atoms with van der Waals surface area (Å²) >= 11 is 0. The molecule has 2 fully saturated rings. The molecule has 0 unspecified atom stereocenters. The molecule has 1 saturated carbocycles. The van der Waals surface area contributed by atoms with E-state index in [4.69, 9.17) is 0 Å². The van der Waals surface area contributed by atoms with E-state index in [1.807, 2.05) is 0 Å². The van der Waals surface area contributed by atoms with Crippen molar-refractivity contribution in [1.29, 1.82) is 0 Å². The second kappa shape index (κ2) is 2.96. The first-order chi connectivity index (χ1) is 6.07. The van der Waals surface area contributed by atoms with Gasteiger partial charge in [0.1, 0.15) is 0 Å². The van der Waals surface area contributed by atoms with E-state index in [1.54, 1.807) is 5.06 Å². The average molecular weight is 183 g/mol. The zero-order chi connectivity index (χ0) is 9.53. The molecule has 76 valence electrons. The van der Waals surface area contributed by atoms with Gasteiger partial charge in [0.2, 0.25) is 0 Å².